The highest BCUT2D eigenvalue weighted by Gasteiger charge is 2.34. The number of amides is 1. The molecular weight excluding hydrogens is 256 g/mol. The summed E-state index contributed by atoms with van der Waals surface area (Å²) in [5.41, 5.74) is 5.97. The molecule has 1 aliphatic carbocycles. The molecule has 1 fully saturated rings. The van der Waals surface area contributed by atoms with Gasteiger partial charge in [-0.15, -0.1) is 0 Å². The highest BCUT2D eigenvalue weighted by Crippen LogP contribution is 2.29. The first-order valence-corrected chi connectivity index (χ1v) is 6.83. The third kappa shape index (κ3) is 2.75. The topological polar surface area (TPSA) is 77.3 Å². The number of furan rings is 1. The SMILES string of the molecule is NCCn1cnc(C(=O)N(Cc2ccco2)C2CC2)c1. The number of carbonyl (C=O) groups is 1. The van der Waals surface area contributed by atoms with Gasteiger partial charge in [0.1, 0.15) is 11.5 Å². The molecule has 6 heteroatoms. The van der Waals surface area contributed by atoms with Crippen LogP contribution >= 0.6 is 0 Å². The summed E-state index contributed by atoms with van der Waals surface area (Å²) in [6.07, 6.45) is 7.14. The second kappa shape index (κ2) is 5.50. The number of nitrogens with zero attached hydrogens (tertiary/aromatic N) is 3. The fourth-order valence-corrected chi connectivity index (χ4v) is 2.21. The lowest BCUT2D eigenvalue weighted by atomic mass is 10.3. The molecule has 3 rings (SSSR count). The lowest BCUT2D eigenvalue weighted by Crippen LogP contribution is -2.32. The van der Waals surface area contributed by atoms with Crippen LogP contribution in [0.2, 0.25) is 0 Å². The van der Waals surface area contributed by atoms with Crippen molar-refractivity contribution < 1.29 is 9.21 Å². The molecule has 0 bridgehead atoms. The summed E-state index contributed by atoms with van der Waals surface area (Å²) < 4.78 is 7.17. The molecular formula is C14H18N4O2. The fraction of sp³-hybridized carbons (Fsp3) is 0.429. The van der Waals surface area contributed by atoms with Gasteiger partial charge < -0.3 is 19.6 Å². The summed E-state index contributed by atoms with van der Waals surface area (Å²) in [7, 11) is 0. The zero-order chi connectivity index (χ0) is 13.9. The standard InChI is InChI=1S/C14H18N4O2/c15-5-6-17-9-13(16-10-17)14(19)18(11-3-4-11)8-12-2-1-7-20-12/h1-2,7,9-11H,3-6,8,15H2. The van der Waals surface area contributed by atoms with Gasteiger partial charge in [0.15, 0.2) is 0 Å². The monoisotopic (exact) mass is 274 g/mol. The average Bonchev–Trinajstić information content (AvgIpc) is 2.97. The van der Waals surface area contributed by atoms with Crippen LogP contribution in [0.5, 0.6) is 0 Å². The molecule has 0 aromatic carbocycles. The Balaban J connectivity index is 1.74. The van der Waals surface area contributed by atoms with Crippen molar-refractivity contribution in [2.45, 2.75) is 32.0 Å². The molecule has 20 heavy (non-hydrogen) atoms. The Morgan fingerprint density at radius 2 is 2.40 bits per heavy atom. The van der Waals surface area contributed by atoms with E-state index in [4.69, 9.17) is 10.2 Å². The van der Waals surface area contributed by atoms with E-state index in [1.165, 1.54) is 0 Å². The first-order chi connectivity index (χ1) is 9.78. The van der Waals surface area contributed by atoms with E-state index in [1.807, 2.05) is 21.6 Å². The minimum atomic E-state index is -0.0420. The summed E-state index contributed by atoms with van der Waals surface area (Å²) in [6.45, 7) is 1.70. The van der Waals surface area contributed by atoms with Gasteiger partial charge in [0.2, 0.25) is 0 Å². The van der Waals surface area contributed by atoms with Crippen molar-refractivity contribution in [3.8, 4) is 0 Å². The zero-order valence-corrected chi connectivity index (χ0v) is 11.2. The van der Waals surface area contributed by atoms with E-state index >= 15 is 0 Å². The third-order valence-corrected chi connectivity index (χ3v) is 3.39. The van der Waals surface area contributed by atoms with Gasteiger partial charge in [0.25, 0.3) is 5.91 Å². The number of imidazole rings is 1. The molecule has 0 spiro atoms. The normalized spacial score (nSPS) is 14.4. The van der Waals surface area contributed by atoms with Crippen LogP contribution in [0.3, 0.4) is 0 Å². The van der Waals surface area contributed by atoms with Crippen LogP contribution in [-0.2, 0) is 13.1 Å². The predicted octanol–water partition coefficient (Wildman–Crippen LogP) is 1.24. The number of carbonyl (C=O) groups excluding carboxylic acids is 1. The van der Waals surface area contributed by atoms with Gasteiger partial charge in [-0.25, -0.2) is 4.98 Å². The summed E-state index contributed by atoms with van der Waals surface area (Å²) in [4.78, 5) is 18.6. The fourth-order valence-electron chi connectivity index (χ4n) is 2.21. The summed E-state index contributed by atoms with van der Waals surface area (Å²) >= 11 is 0. The Hall–Kier alpha value is -2.08. The molecule has 2 aromatic rings. The van der Waals surface area contributed by atoms with Gasteiger partial charge in [-0.1, -0.05) is 0 Å². The maximum Gasteiger partial charge on any atom is 0.274 e. The van der Waals surface area contributed by atoms with Gasteiger partial charge in [-0.2, -0.15) is 0 Å². The second-order valence-electron chi connectivity index (χ2n) is 5.03. The highest BCUT2D eigenvalue weighted by molar-refractivity contribution is 5.92. The molecule has 0 saturated heterocycles. The molecule has 2 heterocycles. The molecule has 2 aromatic heterocycles. The first kappa shape index (κ1) is 12.9. The largest absolute Gasteiger partial charge is 0.467 e. The maximum atomic E-state index is 12.5. The van der Waals surface area contributed by atoms with Crippen molar-refractivity contribution in [2.75, 3.05) is 6.54 Å². The number of hydrogen-bond donors (Lipinski definition) is 1. The van der Waals surface area contributed by atoms with E-state index in [0.29, 0.717) is 31.4 Å². The van der Waals surface area contributed by atoms with Gasteiger partial charge >= 0.3 is 0 Å². The molecule has 1 aliphatic rings. The number of aromatic nitrogens is 2. The average molecular weight is 274 g/mol. The van der Waals surface area contributed by atoms with Crippen molar-refractivity contribution in [3.05, 3.63) is 42.4 Å². The van der Waals surface area contributed by atoms with Gasteiger partial charge in [0.05, 0.1) is 19.1 Å². The minimum absolute atomic E-state index is 0.0420. The van der Waals surface area contributed by atoms with Crippen LogP contribution < -0.4 is 5.73 Å². The van der Waals surface area contributed by atoms with E-state index in [-0.39, 0.29) is 5.91 Å². The number of nitrogens with two attached hydrogens (primary N) is 1. The maximum absolute atomic E-state index is 12.5. The zero-order valence-electron chi connectivity index (χ0n) is 11.2. The van der Waals surface area contributed by atoms with Crippen LogP contribution in [0.15, 0.2) is 35.3 Å². The van der Waals surface area contributed by atoms with Crippen molar-refractivity contribution in [3.63, 3.8) is 0 Å². The number of rotatable bonds is 6. The molecule has 1 amide bonds. The van der Waals surface area contributed by atoms with E-state index in [1.54, 1.807) is 18.8 Å². The molecule has 0 radical (unpaired) electrons. The Morgan fingerprint density at radius 3 is 3.05 bits per heavy atom. The van der Waals surface area contributed by atoms with Gasteiger partial charge in [0, 0.05) is 25.3 Å². The first-order valence-electron chi connectivity index (χ1n) is 6.83. The van der Waals surface area contributed by atoms with Gasteiger partial charge in [-0.05, 0) is 25.0 Å². The van der Waals surface area contributed by atoms with Gasteiger partial charge in [-0.3, -0.25) is 4.79 Å². The van der Waals surface area contributed by atoms with E-state index in [0.717, 1.165) is 18.6 Å². The number of hydrogen-bond acceptors (Lipinski definition) is 4. The summed E-state index contributed by atoms with van der Waals surface area (Å²) in [5, 5.41) is 0. The third-order valence-electron chi connectivity index (χ3n) is 3.39. The van der Waals surface area contributed by atoms with Crippen LogP contribution in [0.1, 0.15) is 29.1 Å². The van der Waals surface area contributed by atoms with Crippen LogP contribution in [-0.4, -0.2) is 32.9 Å². The Morgan fingerprint density at radius 1 is 1.55 bits per heavy atom. The van der Waals surface area contributed by atoms with Crippen molar-refractivity contribution in [1.29, 1.82) is 0 Å². The van der Waals surface area contributed by atoms with E-state index in [2.05, 4.69) is 4.98 Å². The van der Waals surface area contributed by atoms with Crippen molar-refractivity contribution in [2.24, 2.45) is 5.73 Å². The molecule has 1 saturated carbocycles. The minimum Gasteiger partial charge on any atom is -0.467 e. The van der Waals surface area contributed by atoms with Crippen LogP contribution in [0, 0.1) is 0 Å². The van der Waals surface area contributed by atoms with E-state index < -0.39 is 0 Å². The molecule has 0 aliphatic heterocycles. The van der Waals surface area contributed by atoms with E-state index in [9.17, 15) is 4.79 Å². The summed E-state index contributed by atoms with van der Waals surface area (Å²) in [5.74, 6) is 0.756. The Bertz CT molecular complexity index is 572. The predicted molar refractivity (Wildman–Crippen MR) is 72.9 cm³/mol. The Labute approximate surface area is 117 Å². The lowest BCUT2D eigenvalue weighted by Gasteiger charge is -2.20. The Kier molecular flexibility index (Phi) is 3.56. The molecule has 0 unspecified atom stereocenters. The second-order valence-corrected chi connectivity index (χ2v) is 5.03. The molecule has 2 N–H and O–H groups in total. The smallest absolute Gasteiger partial charge is 0.274 e. The summed E-state index contributed by atoms with van der Waals surface area (Å²) in [6, 6.07) is 4.03. The van der Waals surface area contributed by atoms with Crippen LogP contribution in [0.4, 0.5) is 0 Å². The lowest BCUT2D eigenvalue weighted by molar-refractivity contribution is 0.0712. The molecule has 106 valence electrons. The van der Waals surface area contributed by atoms with Crippen LogP contribution in [0.25, 0.3) is 0 Å². The van der Waals surface area contributed by atoms with Crippen molar-refractivity contribution >= 4 is 5.91 Å². The molecule has 6 nitrogen and oxygen atoms in total. The molecule has 0 atom stereocenters. The van der Waals surface area contributed by atoms with Crippen molar-refractivity contribution in [1.82, 2.24) is 14.5 Å². The highest BCUT2D eigenvalue weighted by atomic mass is 16.3. The quantitative estimate of drug-likeness (QED) is 0.859.